The number of nitrogen functional groups attached to an aromatic ring is 1. The van der Waals surface area contributed by atoms with E-state index in [4.69, 9.17) is 19.5 Å². The lowest BCUT2D eigenvalue weighted by atomic mass is 10.1. The van der Waals surface area contributed by atoms with E-state index in [2.05, 4.69) is 19.9 Å². The van der Waals surface area contributed by atoms with Crippen LogP contribution in [-0.2, 0) is 24.9 Å². The Bertz CT molecular complexity index is 867. The Labute approximate surface area is 177 Å². The number of imidazole rings is 1. The van der Waals surface area contributed by atoms with Crippen LogP contribution in [0.15, 0.2) is 6.33 Å². The van der Waals surface area contributed by atoms with Gasteiger partial charge < -0.3 is 29.0 Å². The van der Waals surface area contributed by atoms with Crippen molar-refractivity contribution in [2.75, 3.05) is 36.7 Å². The van der Waals surface area contributed by atoms with Gasteiger partial charge in [-0.15, -0.1) is 0 Å². The van der Waals surface area contributed by atoms with E-state index in [1.54, 1.807) is 6.33 Å². The van der Waals surface area contributed by atoms with Crippen LogP contribution in [0, 0.1) is 0 Å². The highest BCUT2D eigenvalue weighted by atomic mass is 31.2. The summed E-state index contributed by atoms with van der Waals surface area (Å²) in [5, 5.41) is 0. The van der Waals surface area contributed by atoms with Crippen molar-refractivity contribution < 1.29 is 18.3 Å². The van der Waals surface area contributed by atoms with Crippen molar-refractivity contribution >= 4 is 30.5 Å². The van der Waals surface area contributed by atoms with Crippen LogP contribution in [-0.4, -0.2) is 57.8 Å². The van der Waals surface area contributed by atoms with E-state index in [-0.39, 0.29) is 24.5 Å². The van der Waals surface area contributed by atoms with E-state index in [0.717, 1.165) is 37.3 Å². The van der Waals surface area contributed by atoms with E-state index in [1.165, 1.54) is 6.42 Å². The first kappa shape index (κ1) is 22.9. The van der Waals surface area contributed by atoms with E-state index in [1.807, 2.05) is 32.3 Å². The molecule has 2 N–H and O–H groups in total. The Morgan fingerprint density at radius 1 is 1.10 bits per heavy atom. The summed E-state index contributed by atoms with van der Waals surface area (Å²) in [6.45, 7) is 9.95. The van der Waals surface area contributed by atoms with Crippen LogP contribution < -0.4 is 10.6 Å². The largest absolute Gasteiger partial charge is 0.368 e. The number of anilines is 2. The second-order valence-electron chi connectivity index (χ2n) is 8.02. The molecule has 0 unspecified atom stereocenters. The zero-order valence-electron chi connectivity index (χ0n) is 18.3. The summed E-state index contributed by atoms with van der Waals surface area (Å²) in [5.74, 6) is 1.02. The minimum atomic E-state index is -3.32. The smallest absolute Gasteiger partial charge is 0.356 e. The van der Waals surface area contributed by atoms with Gasteiger partial charge in [-0.25, -0.2) is 4.98 Å². The van der Waals surface area contributed by atoms with Gasteiger partial charge >= 0.3 is 7.60 Å². The quantitative estimate of drug-likeness (QED) is 0.438. The molecule has 3 heterocycles. The van der Waals surface area contributed by atoms with Crippen LogP contribution in [0.1, 0.15) is 47.0 Å². The van der Waals surface area contributed by atoms with Gasteiger partial charge in [-0.1, -0.05) is 0 Å². The molecule has 10 nitrogen and oxygen atoms in total. The van der Waals surface area contributed by atoms with Crippen LogP contribution in [0.3, 0.4) is 0 Å². The van der Waals surface area contributed by atoms with Gasteiger partial charge in [-0.05, 0) is 47.0 Å². The highest BCUT2D eigenvalue weighted by molar-refractivity contribution is 7.53. The van der Waals surface area contributed by atoms with E-state index in [0.29, 0.717) is 18.8 Å². The molecule has 0 radical (unpaired) electrons. The molecule has 0 amide bonds. The molecule has 0 saturated carbocycles. The molecular formula is C19H33N6O4P. The lowest BCUT2D eigenvalue weighted by Crippen LogP contribution is -2.30. The number of piperidine rings is 1. The fourth-order valence-corrected chi connectivity index (χ4v) is 5.31. The average Bonchev–Trinajstić information content (AvgIpc) is 3.06. The molecular weight excluding hydrogens is 407 g/mol. The number of nitrogens with zero attached hydrogens (tertiary/aromatic N) is 5. The summed E-state index contributed by atoms with van der Waals surface area (Å²) in [7, 11) is -3.32. The first-order valence-corrected chi connectivity index (χ1v) is 12.3. The van der Waals surface area contributed by atoms with Gasteiger partial charge in [0.15, 0.2) is 17.0 Å². The Kier molecular flexibility index (Phi) is 7.68. The minimum absolute atomic E-state index is 0.105. The average molecular weight is 440 g/mol. The summed E-state index contributed by atoms with van der Waals surface area (Å²) in [6.07, 6.45) is 4.67. The predicted molar refractivity (Wildman–Crippen MR) is 117 cm³/mol. The fraction of sp³-hybridized carbons (Fsp3) is 0.737. The zero-order valence-corrected chi connectivity index (χ0v) is 19.2. The van der Waals surface area contributed by atoms with Crippen LogP contribution in [0.2, 0.25) is 0 Å². The highest BCUT2D eigenvalue weighted by Crippen LogP contribution is 2.50. The summed E-state index contributed by atoms with van der Waals surface area (Å²) in [5.41, 5.74) is 7.38. The Morgan fingerprint density at radius 2 is 1.77 bits per heavy atom. The monoisotopic (exact) mass is 440 g/mol. The molecule has 1 saturated heterocycles. The van der Waals surface area contributed by atoms with Gasteiger partial charge in [-0.2, -0.15) is 9.97 Å². The Hall–Kier alpha value is -1.74. The van der Waals surface area contributed by atoms with Gasteiger partial charge in [0, 0.05) is 19.6 Å². The molecule has 1 aliphatic heterocycles. The minimum Gasteiger partial charge on any atom is -0.368 e. The van der Waals surface area contributed by atoms with Crippen molar-refractivity contribution in [1.82, 2.24) is 19.5 Å². The third-order valence-corrected chi connectivity index (χ3v) is 6.57. The number of fused-ring (bicyclic) bond motifs is 1. The maximum Gasteiger partial charge on any atom is 0.356 e. The SMILES string of the molecule is CC(C)OP(=O)(COCCn1cnc2c(N3CCCCC3)nc(N)nc21)OC(C)C. The van der Waals surface area contributed by atoms with Crippen molar-refractivity contribution in [3.63, 3.8) is 0 Å². The van der Waals surface area contributed by atoms with Gasteiger partial charge in [-0.3, -0.25) is 4.57 Å². The molecule has 0 spiro atoms. The topological polar surface area (TPSA) is 118 Å². The molecule has 11 heteroatoms. The van der Waals surface area contributed by atoms with E-state index >= 15 is 0 Å². The molecule has 2 aromatic rings. The van der Waals surface area contributed by atoms with Crippen LogP contribution in [0.25, 0.3) is 11.2 Å². The number of hydrogen-bond acceptors (Lipinski definition) is 9. The third kappa shape index (κ3) is 5.91. The second-order valence-corrected chi connectivity index (χ2v) is 9.92. The zero-order chi connectivity index (χ0) is 21.7. The number of ether oxygens (including phenoxy) is 1. The lowest BCUT2D eigenvalue weighted by molar-refractivity contribution is 0.0961. The summed E-state index contributed by atoms with van der Waals surface area (Å²) < 4.78 is 31.4. The lowest BCUT2D eigenvalue weighted by Gasteiger charge is -2.27. The van der Waals surface area contributed by atoms with Crippen molar-refractivity contribution in [2.45, 2.75) is 65.7 Å². The van der Waals surface area contributed by atoms with Crippen molar-refractivity contribution in [3.05, 3.63) is 6.33 Å². The van der Waals surface area contributed by atoms with Crippen LogP contribution in [0.4, 0.5) is 11.8 Å². The molecule has 1 fully saturated rings. The predicted octanol–water partition coefficient (Wildman–Crippen LogP) is 3.42. The number of aromatic nitrogens is 4. The molecule has 2 aromatic heterocycles. The number of rotatable bonds is 10. The van der Waals surface area contributed by atoms with Gasteiger partial charge in [0.05, 0.1) is 25.1 Å². The maximum absolute atomic E-state index is 12.8. The molecule has 0 bridgehead atoms. The second kappa shape index (κ2) is 10.0. The summed E-state index contributed by atoms with van der Waals surface area (Å²) in [6, 6.07) is 0. The van der Waals surface area contributed by atoms with Crippen molar-refractivity contribution in [3.8, 4) is 0 Å². The van der Waals surface area contributed by atoms with Crippen molar-refractivity contribution in [2.24, 2.45) is 0 Å². The Balaban J connectivity index is 1.66. The fourth-order valence-electron chi connectivity index (χ4n) is 3.50. The van der Waals surface area contributed by atoms with Crippen LogP contribution in [0.5, 0.6) is 0 Å². The first-order chi connectivity index (χ1) is 14.3. The van der Waals surface area contributed by atoms with E-state index < -0.39 is 7.60 Å². The summed E-state index contributed by atoms with van der Waals surface area (Å²) in [4.78, 5) is 15.6. The van der Waals surface area contributed by atoms with Crippen LogP contribution >= 0.6 is 7.60 Å². The molecule has 0 atom stereocenters. The maximum atomic E-state index is 12.8. The number of hydrogen-bond donors (Lipinski definition) is 1. The molecule has 1 aliphatic rings. The Morgan fingerprint density at radius 3 is 2.40 bits per heavy atom. The molecule has 3 rings (SSSR count). The standard InChI is InChI=1S/C19H33N6O4P/c1-14(2)28-30(26,29-15(3)4)13-27-11-10-25-12-21-16-17(22-19(20)23-18(16)25)24-8-6-5-7-9-24/h12,14-15H,5-11,13H2,1-4H3,(H2,20,22,23). The molecule has 0 aromatic carbocycles. The first-order valence-electron chi connectivity index (χ1n) is 10.5. The molecule has 30 heavy (non-hydrogen) atoms. The summed E-state index contributed by atoms with van der Waals surface area (Å²) >= 11 is 0. The molecule has 0 aliphatic carbocycles. The van der Waals surface area contributed by atoms with Gasteiger partial charge in [0.1, 0.15) is 6.35 Å². The third-order valence-electron chi connectivity index (χ3n) is 4.59. The highest BCUT2D eigenvalue weighted by Gasteiger charge is 2.28. The number of nitrogens with two attached hydrogens (primary N) is 1. The van der Waals surface area contributed by atoms with Crippen molar-refractivity contribution in [1.29, 1.82) is 0 Å². The normalized spacial score (nSPS) is 15.6. The van der Waals surface area contributed by atoms with E-state index in [9.17, 15) is 4.57 Å². The molecule has 168 valence electrons. The van der Waals surface area contributed by atoms with Gasteiger partial charge in [0.2, 0.25) is 5.95 Å². The van der Waals surface area contributed by atoms with Gasteiger partial charge in [0.25, 0.3) is 0 Å².